The van der Waals surface area contributed by atoms with Crippen molar-refractivity contribution in [2.45, 2.75) is 25.9 Å². The SMILES string of the molecule is Cc1nn(-c2ccccc2)c2sc(C(=O)Nc3ccc(N4CCC(O)CC4)nc3)cc12. The van der Waals surface area contributed by atoms with Crippen molar-refractivity contribution in [3.05, 3.63) is 65.3 Å². The number of aliphatic hydroxyl groups is 1. The fourth-order valence-corrected chi connectivity index (χ4v) is 4.92. The number of para-hydroxylation sites is 1. The molecule has 7 nitrogen and oxygen atoms in total. The van der Waals surface area contributed by atoms with Crippen molar-refractivity contribution in [1.29, 1.82) is 0 Å². The Bertz CT molecular complexity index is 1210. The fraction of sp³-hybridized carbons (Fsp3) is 0.261. The van der Waals surface area contributed by atoms with Crippen LogP contribution >= 0.6 is 11.3 Å². The minimum Gasteiger partial charge on any atom is -0.393 e. The Balaban J connectivity index is 1.34. The number of aliphatic hydroxyl groups excluding tert-OH is 1. The van der Waals surface area contributed by atoms with Crippen LogP contribution in [0.1, 0.15) is 28.2 Å². The Kier molecular flexibility index (Phi) is 5.17. The van der Waals surface area contributed by atoms with Crippen LogP contribution in [0.15, 0.2) is 54.7 Å². The van der Waals surface area contributed by atoms with Crippen molar-refractivity contribution >= 4 is 39.0 Å². The van der Waals surface area contributed by atoms with E-state index in [-0.39, 0.29) is 12.0 Å². The predicted molar refractivity (Wildman–Crippen MR) is 123 cm³/mol. The van der Waals surface area contributed by atoms with E-state index in [0.29, 0.717) is 10.6 Å². The number of thiophene rings is 1. The molecule has 8 heteroatoms. The van der Waals surface area contributed by atoms with E-state index >= 15 is 0 Å². The average molecular weight is 434 g/mol. The van der Waals surface area contributed by atoms with E-state index in [1.165, 1.54) is 11.3 Å². The highest BCUT2D eigenvalue weighted by molar-refractivity contribution is 7.20. The van der Waals surface area contributed by atoms with Crippen LogP contribution in [-0.4, -0.2) is 45.0 Å². The van der Waals surface area contributed by atoms with E-state index in [0.717, 1.165) is 53.3 Å². The predicted octanol–water partition coefficient (Wildman–Crippen LogP) is 4.00. The maximum Gasteiger partial charge on any atom is 0.265 e. The van der Waals surface area contributed by atoms with Gasteiger partial charge in [0, 0.05) is 18.5 Å². The maximum atomic E-state index is 12.9. The maximum absolute atomic E-state index is 12.9. The molecule has 1 saturated heterocycles. The van der Waals surface area contributed by atoms with Gasteiger partial charge in [-0.3, -0.25) is 4.79 Å². The molecular formula is C23H23N5O2S. The normalized spacial score (nSPS) is 14.8. The molecule has 4 heterocycles. The largest absolute Gasteiger partial charge is 0.393 e. The summed E-state index contributed by atoms with van der Waals surface area (Å²) in [5.41, 5.74) is 2.52. The Morgan fingerprint density at radius 2 is 1.94 bits per heavy atom. The lowest BCUT2D eigenvalue weighted by molar-refractivity contribution is 0.103. The number of pyridine rings is 1. The first-order valence-electron chi connectivity index (χ1n) is 10.3. The molecule has 31 heavy (non-hydrogen) atoms. The molecule has 0 unspecified atom stereocenters. The topological polar surface area (TPSA) is 83.3 Å². The van der Waals surface area contributed by atoms with Crippen LogP contribution in [0.3, 0.4) is 0 Å². The summed E-state index contributed by atoms with van der Waals surface area (Å²) < 4.78 is 1.89. The summed E-state index contributed by atoms with van der Waals surface area (Å²) in [4.78, 5) is 21.1. The van der Waals surface area contributed by atoms with Gasteiger partial charge in [0.05, 0.1) is 34.2 Å². The van der Waals surface area contributed by atoms with Crippen molar-refractivity contribution in [1.82, 2.24) is 14.8 Å². The van der Waals surface area contributed by atoms with Gasteiger partial charge < -0.3 is 15.3 Å². The summed E-state index contributed by atoms with van der Waals surface area (Å²) in [7, 11) is 0. The van der Waals surface area contributed by atoms with Crippen LogP contribution in [-0.2, 0) is 0 Å². The molecule has 0 bridgehead atoms. The molecule has 3 aromatic heterocycles. The number of carbonyl (C=O) groups excluding carboxylic acids is 1. The van der Waals surface area contributed by atoms with Crippen LogP contribution in [0.5, 0.6) is 0 Å². The highest BCUT2D eigenvalue weighted by Crippen LogP contribution is 2.31. The third-order valence-corrected chi connectivity index (χ3v) is 6.67. The molecule has 0 atom stereocenters. The highest BCUT2D eigenvalue weighted by Gasteiger charge is 2.19. The van der Waals surface area contributed by atoms with Gasteiger partial charge in [0.2, 0.25) is 0 Å². The van der Waals surface area contributed by atoms with Gasteiger partial charge in [-0.2, -0.15) is 5.10 Å². The molecule has 0 saturated carbocycles. The van der Waals surface area contributed by atoms with Crippen LogP contribution in [0.4, 0.5) is 11.5 Å². The smallest absolute Gasteiger partial charge is 0.265 e. The third kappa shape index (κ3) is 3.92. The quantitative estimate of drug-likeness (QED) is 0.508. The number of benzene rings is 1. The number of nitrogens with zero attached hydrogens (tertiary/aromatic N) is 4. The van der Waals surface area contributed by atoms with Crippen LogP contribution < -0.4 is 10.2 Å². The average Bonchev–Trinajstić information content (AvgIpc) is 3.36. The van der Waals surface area contributed by atoms with Crippen LogP contribution in [0.25, 0.3) is 15.9 Å². The van der Waals surface area contributed by atoms with Gasteiger partial charge in [-0.05, 0) is 50.1 Å². The van der Waals surface area contributed by atoms with Gasteiger partial charge in [0.25, 0.3) is 5.91 Å². The summed E-state index contributed by atoms with van der Waals surface area (Å²) in [6.45, 7) is 3.54. The second kappa shape index (κ2) is 8.13. The second-order valence-corrected chi connectivity index (χ2v) is 8.77. The lowest BCUT2D eigenvalue weighted by Crippen LogP contribution is -2.36. The number of anilines is 2. The number of rotatable bonds is 4. The summed E-state index contributed by atoms with van der Waals surface area (Å²) in [5, 5.41) is 18.2. The third-order valence-electron chi connectivity index (χ3n) is 5.56. The second-order valence-electron chi connectivity index (χ2n) is 7.74. The number of aryl methyl sites for hydroxylation is 1. The molecule has 0 spiro atoms. The number of amides is 1. The summed E-state index contributed by atoms with van der Waals surface area (Å²) in [5.74, 6) is 0.709. The van der Waals surface area contributed by atoms with Gasteiger partial charge in [0.1, 0.15) is 10.6 Å². The molecule has 4 aromatic rings. The lowest BCUT2D eigenvalue weighted by atomic mass is 10.1. The van der Waals surface area contributed by atoms with E-state index in [1.54, 1.807) is 6.20 Å². The Morgan fingerprint density at radius 3 is 2.65 bits per heavy atom. The standard InChI is InChI=1S/C23H23N5O2S/c1-15-19-13-20(31-23(19)28(26-15)17-5-3-2-4-6-17)22(30)25-16-7-8-21(24-14-16)27-11-9-18(29)10-12-27/h2-8,13-14,18,29H,9-12H2,1H3,(H,25,30). The van der Waals surface area contributed by atoms with E-state index in [2.05, 4.69) is 20.3 Å². The number of aromatic nitrogens is 3. The molecule has 1 fully saturated rings. The van der Waals surface area contributed by atoms with E-state index in [9.17, 15) is 9.90 Å². The van der Waals surface area contributed by atoms with Gasteiger partial charge in [-0.1, -0.05) is 18.2 Å². The first-order valence-corrected chi connectivity index (χ1v) is 11.1. The van der Waals surface area contributed by atoms with E-state index < -0.39 is 0 Å². The molecule has 2 N–H and O–H groups in total. The van der Waals surface area contributed by atoms with Gasteiger partial charge >= 0.3 is 0 Å². The minimum atomic E-state index is -0.214. The first-order chi connectivity index (χ1) is 15.1. The number of fused-ring (bicyclic) bond motifs is 1. The Labute approximate surface area is 184 Å². The number of hydrogen-bond acceptors (Lipinski definition) is 6. The molecule has 0 radical (unpaired) electrons. The minimum absolute atomic E-state index is 0.157. The van der Waals surface area contributed by atoms with Gasteiger partial charge in [0.15, 0.2) is 0 Å². The van der Waals surface area contributed by atoms with E-state index in [4.69, 9.17) is 0 Å². The molecule has 158 valence electrons. The zero-order valence-corrected chi connectivity index (χ0v) is 18.0. The molecular weight excluding hydrogens is 410 g/mol. The van der Waals surface area contributed by atoms with E-state index in [1.807, 2.05) is 60.1 Å². The Morgan fingerprint density at radius 1 is 1.16 bits per heavy atom. The van der Waals surface area contributed by atoms with Crippen molar-refractivity contribution in [2.24, 2.45) is 0 Å². The summed E-state index contributed by atoms with van der Waals surface area (Å²) in [6.07, 6.45) is 2.98. The van der Waals surface area contributed by atoms with Crippen LogP contribution in [0, 0.1) is 6.92 Å². The summed E-state index contributed by atoms with van der Waals surface area (Å²) in [6, 6.07) is 15.6. The van der Waals surface area contributed by atoms with Crippen molar-refractivity contribution < 1.29 is 9.90 Å². The lowest BCUT2D eigenvalue weighted by Gasteiger charge is -2.30. The summed E-state index contributed by atoms with van der Waals surface area (Å²) >= 11 is 1.43. The van der Waals surface area contributed by atoms with Crippen molar-refractivity contribution in [2.75, 3.05) is 23.3 Å². The zero-order valence-electron chi connectivity index (χ0n) is 17.2. The van der Waals surface area contributed by atoms with Crippen molar-refractivity contribution in [3.63, 3.8) is 0 Å². The Hall–Kier alpha value is -3.23. The van der Waals surface area contributed by atoms with Gasteiger partial charge in [-0.25, -0.2) is 9.67 Å². The zero-order chi connectivity index (χ0) is 21.4. The molecule has 0 aliphatic carbocycles. The first kappa shape index (κ1) is 19.7. The number of nitrogens with one attached hydrogen (secondary N) is 1. The highest BCUT2D eigenvalue weighted by atomic mass is 32.1. The molecule has 5 rings (SSSR count). The van der Waals surface area contributed by atoms with Crippen molar-refractivity contribution in [3.8, 4) is 5.69 Å². The number of hydrogen-bond donors (Lipinski definition) is 2. The fourth-order valence-electron chi connectivity index (χ4n) is 3.84. The van der Waals surface area contributed by atoms with Gasteiger partial charge in [-0.15, -0.1) is 11.3 Å². The molecule has 1 aromatic carbocycles. The number of piperidine rings is 1. The van der Waals surface area contributed by atoms with Crippen LogP contribution in [0.2, 0.25) is 0 Å². The number of carbonyl (C=O) groups is 1. The monoisotopic (exact) mass is 433 g/mol. The molecule has 1 aliphatic heterocycles. The molecule has 1 aliphatic rings. The molecule has 1 amide bonds.